The molecule has 188 valence electrons. The van der Waals surface area contributed by atoms with Crippen LogP contribution in [0.15, 0.2) is 24.4 Å². The third-order valence-corrected chi connectivity index (χ3v) is 6.28. The molecule has 8 heteroatoms. The van der Waals surface area contributed by atoms with Crippen molar-refractivity contribution in [3.05, 3.63) is 35.5 Å². The van der Waals surface area contributed by atoms with Gasteiger partial charge in [-0.05, 0) is 61.7 Å². The van der Waals surface area contributed by atoms with E-state index in [-0.39, 0.29) is 29.6 Å². The molecule has 2 bridgehead atoms. The second-order valence-electron chi connectivity index (χ2n) is 9.66. The minimum absolute atomic E-state index is 0.108. The molecule has 0 fully saturated rings. The van der Waals surface area contributed by atoms with Crippen molar-refractivity contribution in [3.8, 4) is 5.75 Å². The summed E-state index contributed by atoms with van der Waals surface area (Å²) >= 11 is 0. The fourth-order valence-corrected chi connectivity index (χ4v) is 4.02. The van der Waals surface area contributed by atoms with Gasteiger partial charge in [-0.1, -0.05) is 40.2 Å². The van der Waals surface area contributed by atoms with Gasteiger partial charge in [0, 0.05) is 12.6 Å². The molecular formula is C26H40N4O4. The molecule has 0 spiro atoms. The Kier molecular flexibility index (Phi) is 10.1. The normalized spacial score (nSPS) is 23.0. The van der Waals surface area contributed by atoms with Crippen LogP contribution < -0.4 is 20.7 Å². The highest BCUT2D eigenvalue weighted by Gasteiger charge is 2.33. The van der Waals surface area contributed by atoms with Crippen LogP contribution in [0.3, 0.4) is 0 Å². The lowest BCUT2D eigenvalue weighted by Crippen LogP contribution is -2.58. The number of rotatable bonds is 6. The SMILES string of the molecule is CC[C@H](C)[C@H]1NC(=O)[C@H](N(C)C)Cc2cc(ccc2OC)C=CNC(=O)[C@H](CC(C)C)NC1=O. The van der Waals surface area contributed by atoms with Crippen molar-refractivity contribution in [3.63, 3.8) is 0 Å². The van der Waals surface area contributed by atoms with Crippen LogP contribution in [-0.4, -0.2) is 62.0 Å². The molecule has 1 aliphatic rings. The molecule has 34 heavy (non-hydrogen) atoms. The molecule has 3 amide bonds. The Bertz CT molecular complexity index is 897. The maximum absolute atomic E-state index is 13.4. The number of benzene rings is 1. The Hall–Kier alpha value is -2.87. The third kappa shape index (κ3) is 7.32. The molecule has 1 heterocycles. The van der Waals surface area contributed by atoms with Crippen LogP contribution in [0.2, 0.25) is 0 Å². The highest BCUT2D eigenvalue weighted by Crippen LogP contribution is 2.23. The molecule has 8 nitrogen and oxygen atoms in total. The zero-order valence-electron chi connectivity index (χ0n) is 21.5. The Labute approximate surface area is 203 Å². The fourth-order valence-electron chi connectivity index (χ4n) is 4.02. The van der Waals surface area contributed by atoms with E-state index in [2.05, 4.69) is 16.0 Å². The van der Waals surface area contributed by atoms with E-state index in [1.165, 1.54) is 0 Å². The average molecular weight is 473 g/mol. The molecule has 1 aromatic rings. The van der Waals surface area contributed by atoms with Gasteiger partial charge in [-0.3, -0.25) is 19.3 Å². The van der Waals surface area contributed by atoms with Crippen molar-refractivity contribution in [2.45, 2.75) is 65.1 Å². The summed E-state index contributed by atoms with van der Waals surface area (Å²) in [7, 11) is 5.28. The van der Waals surface area contributed by atoms with Gasteiger partial charge in [0.1, 0.15) is 17.8 Å². The van der Waals surface area contributed by atoms with Crippen molar-refractivity contribution >= 4 is 23.8 Å². The number of likely N-dealkylation sites (N-methyl/N-ethyl adjacent to an activating group) is 1. The fraction of sp³-hybridized carbons (Fsp3) is 0.577. The van der Waals surface area contributed by atoms with E-state index >= 15 is 0 Å². The molecule has 0 aromatic heterocycles. The summed E-state index contributed by atoms with van der Waals surface area (Å²) in [5.41, 5.74) is 1.73. The summed E-state index contributed by atoms with van der Waals surface area (Å²) in [6, 6.07) is 3.72. The lowest BCUT2D eigenvalue weighted by atomic mass is 9.95. The van der Waals surface area contributed by atoms with E-state index in [0.717, 1.165) is 11.1 Å². The smallest absolute Gasteiger partial charge is 0.246 e. The van der Waals surface area contributed by atoms with Crippen LogP contribution in [0.5, 0.6) is 5.75 Å². The third-order valence-electron chi connectivity index (χ3n) is 6.28. The van der Waals surface area contributed by atoms with E-state index in [9.17, 15) is 14.4 Å². The van der Waals surface area contributed by atoms with Gasteiger partial charge >= 0.3 is 0 Å². The van der Waals surface area contributed by atoms with E-state index in [1.807, 2.05) is 64.9 Å². The maximum Gasteiger partial charge on any atom is 0.246 e. The molecule has 1 aromatic carbocycles. The van der Waals surface area contributed by atoms with Crippen LogP contribution in [0, 0.1) is 11.8 Å². The number of fused-ring (bicyclic) bond motifs is 2. The van der Waals surface area contributed by atoms with Crippen molar-refractivity contribution in [1.82, 2.24) is 20.9 Å². The predicted molar refractivity (Wildman–Crippen MR) is 134 cm³/mol. The van der Waals surface area contributed by atoms with Crippen LogP contribution in [-0.2, 0) is 20.8 Å². The summed E-state index contributed by atoms with van der Waals surface area (Å²) in [4.78, 5) is 41.5. The van der Waals surface area contributed by atoms with Crippen LogP contribution in [0.1, 0.15) is 51.7 Å². The number of nitrogens with zero attached hydrogens (tertiary/aromatic N) is 1. The zero-order chi connectivity index (χ0) is 25.4. The first-order chi connectivity index (χ1) is 16.1. The van der Waals surface area contributed by atoms with Gasteiger partial charge in [-0.15, -0.1) is 0 Å². The highest BCUT2D eigenvalue weighted by molar-refractivity contribution is 5.93. The average Bonchev–Trinajstić information content (AvgIpc) is 2.78. The number of nitrogens with one attached hydrogen (secondary N) is 3. The molecule has 0 aliphatic carbocycles. The van der Waals surface area contributed by atoms with E-state index in [0.29, 0.717) is 25.0 Å². The number of hydrogen-bond acceptors (Lipinski definition) is 5. The Balaban J connectivity index is 2.54. The highest BCUT2D eigenvalue weighted by atomic mass is 16.5. The van der Waals surface area contributed by atoms with E-state index in [4.69, 9.17) is 4.74 Å². The largest absolute Gasteiger partial charge is 0.496 e. The molecular weight excluding hydrogens is 432 g/mol. The van der Waals surface area contributed by atoms with E-state index < -0.39 is 18.1 Å². The summed E-state index contributed by atoms with van der Waals surface area (Å²) in [6.07, 6.45) is 4.97. The minimum Gasteiger partial charge on any atom is -0.496 e. The second kappa shape index (κ2) is 12.6. The molecule has 0 unspecified atom stereocenters. The number of carbonyl (C=O) groups excluding carboxylic acids is 3. The monoisotopic (exact) mass is 472 g/mol. The Morgan fingerprint density at radius 2 is 1.76 bits per heavy atom. The Morgan fingerprint density at radius 3 is 2.35 bits per heavy atom. The standard InChI is InChI=1S/C26H40N4O4/c1-8-17(4)23-26(33)28-20(13-16(2)3)24(31)27-12-11-18-9-10-22(34-7)19(14-18)15-21(30(5)6)25(32)29-23/h9-12,14,16-17,20-21,23H,8,13,15H2,1-7H3,(H,27,31)(H,28,33)(H,29,32)/t17-,20-,21+,23+/m0/s1. The van der Waals surface area contributed by atoms with Crippen LogP contribution in [0.4, 0.5) is 0 Å². The van der Waals surface area contributed by atoms with Gasteiger partial charge in [0.05, 0.1) is 13.2 Å². The second-order valence-corrected chi connectivity index (χ2v) is 9.66. The first kappa shape index (κ1) is 27.4. The zero-order valence-corrected chi connectivity index (χ0v) is 21.5. The van der Waals surface area contributed by atoms with Gasteiger partial charge in [0.15, 0.2) is 0 Å². The molecule has 4 atom stereocenters. The lowest BCUT2D eigenvalue weighted by molar-refractivity contribution is -0.134. The number of ether oxygens (including phenoxy) is 1. The number of amides is 3. The summed E-state index contributed by atoms with van der Waals surface area (Å²) < 4.78 is 5.53. The molecule has 0 saturated carbocycles. The molecule has 3 N–H and O–H groups in total. The van der Waals surface area contributed by atoms with Gasteiger partial charge < -0.3 is 20.7 Å². The minimum atomic E-state index is -0.753. The Morgan fingerprint density at radius 1 is 1.06 bits per heavy atom. The summed E-state index contributed by atoms with van der Waals surface area (Å²) in [5, 5.41) is 8.66. The molecule has 0 radical (unpaired) electrons. The first-order valence-electron chi connectivity index (χ1n) is 12.0. The van der Waals surface area contributed by atoms with Crippen LogP contribution >= 0.6 is 0 Å². The predicted octanol–water partition coefficient (Wildman–Crippen LogP) is 2.33. The number of carbonyl (C=O) groups is 3. The lowest BCUT2D eigenvalue weighted by Gasteiger charge is -2.30. The van der Waals surface area contributed by atoms with Gasteiger partial charge in [-0.25, -0.2) is 0 Å². The molecule has 0 saturated heterocycles. The maximum atomic E-state index is 13.4. The summed E-state index contributed by atoms with van der Waals surface area (Å²) in [5.74, 6) is -0.115. The van der Waals surface area contributed by atoms with Gasteiger partial charge in [-0.2, -0.15) is 0 Å². The van der Waals surface area contributed by atoms with Gasteiger partial charge in [0.25, 0.3) is 0 Å². The quantitative estimate of drug-likeness (QED) is 0.590. The summed E-state index contributed by atoms with van der Waals surface area (Å²) in [6.45, 7) is 7.90. The topological polar surface area (TPSA) is 99.8 Å². The molecule has 2 rings (SSSR count). The van der Waals surface area contributed by atoms with E-state index in [1.54, 1.807) is 19.4 Å². The molecule has 1 aliphatic heterocycles. The van der Waals surface area contributed by atoms with Crippen molar-refractivity contribution in [2.75, 3.05) is 21.2 Å². The first-order valence-corrected chi connectivity index (χ1v) is 12.0. The van der Waals surface area contributed by atoms with Crippen molar-refractivity contribution in [1.29, 1.82) is 0 Å². The number of methoxy groups -OCH3 is 1. The van der Waals surface area contributed by atoms with Crippen molar-refractivity contribution in [2.24, 2.45) is 11.8 Å². The number of hydrogen-bond donors (Lipinski definition) is 3. The van der Waals surface area contributed by atoms with Crippen molar-refractivity contribution < 1.29 is 19.1 Å². The van der Waals surface area contributed by atoms with Gasteiger partial charge in [0.2, 0.25) is 17.7 Å². The van der Waals surface area contributed by atoms with Crippen LogP contribution in [0.25, 0.3) is 6.08 Å².